The molecule has 0 saturated heterocycles. The van der Waals surface area contributed by atoms with E-state index >= 15 is 0 Å². The van der Waals surface area contributed by atoms with Gasteiger partial charge >= 0.3 is 6.09 Å². The Morgan fingerprint density at radius 3 is 2.83 bits per heavy atom. The molecule has 4 rings (SSSR count). The Morgan fingerprint density at radius 2 is 2.13 bits per heavy atom. The Bertz CT molecular complexity index is 1020. The maximum absolute atomic E-state index is 12.3. The molecule has 1 aliphatic carbocycles. The molecule has 30 heavy (non-hydrogen) atoms. The fourth-order valence-corrected chi connectivity index (χ4v) is 3.25. The highest BCUT2D eigenvalue weighted by Gasteiger charge is 2.33. The van der Waals surface area contributed by atoms with Crippen LogP contribution in [0.3, 0.4) is 0 Å². The Labute approximate surface area is 174 Å². The van der Waals surface area contributed by atoms with Crippen LogP contribution in [0.5, 0.6) is 5.88 Å². The predicted molar refractivity (Wildman–Crippen MR) is 113 cm³/mol. The maximum Gasteiger partial charge on any atom is 0.414 e. The molecule has 3 atom stereocenters. The van der Waals surface area contributed by atoms with Gasteiger partial charge in [-0.3, -0.25) is 0 Å². The molecule has 3 unspecified atom stereocenters. The SMILES string of the molecule is Cc1cnc(NC2CC2C)nc1-c1c[nH]c(OC(=O)NC(CO)c2ccccc2)c1. The number of hydrogen-bond acceptors (Lipinski definition) is 6. The van der Waals surface area contributed by atoms with Gasteiger partial charge in [-0.2, -0.15) is 0 Å². The molecule has 0 spiro atoms. The van der Waals surface area contributed by atoms with Crippen LogP contribution in [0, 0.1) is 12.8 Å². The van der Waals surface area contributed by atoms with Crippen molar-refractivity contribution in [3.63, 3.8) is 0 Å². The van der Waals surface area contributed by atoms with Crippen molar-refractivity contribution >= 4 is 12.0 Å². The van der Waals surface area contributed by atoms with Crippen molar-refractivity contribution in [2.75, 3.05) is 11.9 Å². The lowest BCUT2D eigenvalue weighted by Crippen LogP contribution is -2.33. The number of benzene rings is 1. The average molecular weight is 407 g/mol. The minimum Gasteiger partial charge on any atom is -0.394 e. The molecule has 1 amide bonds. The predicted octanol–water partition coefficient (Wildman–Crippen LogP) is 3.42. The van der Waals surface area contributed by atoms with Gasteiger partial charge in [0.05, 0.1) is 18.3 Å². The van der Waals surface area contributed by atoms with Crippen LogP contribution in [0.2, 0.25) is 0 Å². The topological polar surface area (TPSA) is 112 Å². The van der Waals surface area contributed by atoms with Crippen LogP contribution in [-0.2, 0) is 0 Å². The van der Waals surface area contributed by atoms with Crippen molar-refractivity contribution < 1.29 is 14.6 Å². The van der Waals surface area contributed by atoms with E-state index < -0.39 is 12.1 Å². The van der Waals surface area contributed by atoms with E-state index in [4.69, 9.17) is 4.74 Å². The van der Waals surface area contributed by atoms with Gasteiger partial charge in [0.15, 0.2) is 0 Å². The van der Waals surface area contributed by atoms with Crippen LogP contribution in [0.25, 0.3) is 11.3 Å². The van der Waals surface area contributed by atoms with Crippen LogP contribution in [0.15, 0.2) is 48.8 Å². The third-order valence-electron chi connectivity index (χ3n) is 5.20. The number of H-pyrrole nitrogens is 1. The number of rotatable bonds is 7. The molecule has 1 aliphatic rings. The number of aromatic nitrogens is 3. The van der Waals surface area contributed by atoms with E-state index in [1.54, 1.807) is 18.5 Å². The molecule has 0 radical (unpaired) electrons. The van der Waals surface area contributed by atoms with E-state index in [2.05, 4.69) is 32.5 Å². The van der Waals surface area contributed by atoms with Crippen LogP contribution < -0.4 is 15.4 Å². The fraction of sp³-hybridized carbons (Fsp3) is 0.318. The normalized spacial score (nSPS) is 18.5. The van der Waals surface area contributed by atoms with E-state index in [-0.39, 0.29) is 12.5 Å². The van der Waals surface area contributed by atoms with Gasteiger partial charge in [-0.25, -0.2) is 14.8 Å². The number of carbonyl (C=O) groups is 1. The van der Waals surface area contributed by atoms with E-state index in [0.717, 1.165) is 28.8 Å². The first-order valence-corrected chi connectivity index (χ1v) is 9.96. The fourth-order valence-electron chi connectivity index (χ4n) is 3.25. The molecule has 8 nitrogen and oxygen atoms in total. The summed E-state index contributed by atoms with van der Waals surface area (Å²) in [6.45, 7) is 3.89. The largest absolute Gasteiger partial charge is 0.414 e. The second kappa shape index (κ2) is 8.54. The highest BCUT2D eigenvalue weighted by molar-refractivity contribution is 5.72. The van der Waals surface area contributed by atoms with Crippen LogP contribution in [0.1, 0.15) is 30.5 Å². The highest BCUT2D eigenvalue weighted by Crippen LogP contribution is 2.32. The Hall–Kier alpha value is -3.39. The molecule has 4 N–H and O–H groups in total. The molecule has 0 bridgehead atoms. The lowest BCUT2D eigenvalue weighted by atomic mass is 10.1. The van der Waals surface area contributed by atoms with Gasteiger partial charge in [0.25, 0.3) is 0 Å². The molecule has 0 aliphatic heterocycles. The molecule has 1 aromatic carbocycles. The first-order valence-electron chi connectivity index (χ1n) is 9.96. The Morgan fingerprint density at radius 1 is 1.37 bits per heavy atom. The molecule has 2 aromatic heterocycles. The standard InChI is InChI=1S/C22H25N5O3/c1-13-8-17(13)25-21-24-10-14(2)20(27-21)16-9-19(23-11-16)30-22(29)26-18(12-28)15-6-4-3-5-7-15/h3-7,9-11,13,17-18,23,28H,8,12H2,1-2H3,(H,26,29)(H,24,25,27). The van der Waals surface area contributed by atoms with Crippen molar-refractivity contribution in [1.82, 2.24) is 20.3 Å². The summed E-state index contributed by atoms with van der Waals surface area (Å²) in [6, 6.07) is 10.8. The summed E-state index contributed by atoms with van der Waals surface area (Å²) >= 11 is 0. The van der Waals surface area contributed by atoms with E-state index in [9.17, 15) is 9.90 Å². The van der Waals surface area contributed by atoms with Gasteiger partial charge in [0.1, 0.15) is 0 Å². The van der Waals surface area contributed by atoms with Gasteiger partial charge < -0.3 is 25.5 Å². The molecule has 1 saturated carbocycles. The van der Waals surface area contributed by atoms with Gasteiger partial charge in [0.2, 0.25) is 11.8 Å². The maximum atomic E-state index is 12.3. The number of amides is 1. The minimum absolute atomic E-state index is 0.232. The van der Waals surface area contributed by atoms with E-state index in [1.165, 1.54) is 0 Å². The zero-order valence-corrected chi connectivity index (χ0v) is 16.9. The minimum atomic E-state index is -0.657. The van der Waals surface area contributed by atoms with Crippen molar-refractivity contribution in [2.24, 2.45) is 5.92 Å². The van der Waals surface area contributed by atoms with Crippen molar-refractivity contribution in [2.45, 2.75) is 32.4 Å². The van der Waals surface area contributed by atoms with Gasteiger partial charge in [0, 0.05) is 30.1 Å². The van der Waals surface area contributed by atoms with Crippen molar-refractivity contribution in [3.8, 4) is 17.1 Å². The number of anilines is 1. The number of carbonyl (C=O) groups excluding carboxylic acids is 1. The summed E-state index contributed by atoms with van der Waals surface area (Å²) in [4.78, 5) is 24.2. The zero-order chi connectivity index (χ0) is 21.1. The second-order valence-corrected chi connectivity index (χ2v) is 7.62. The quantitative estimate of drug-likeness (QED) is 0.477. The zero-order valence-electron chi connectivity index (χ0n) is 16.9. The number of aliphatic hydroxyl groups excluding tert-OH is 1. The number of aliphatic hydroxyl groups is 1. The first kappa shape index (κ1) is 19.9. The number of nitrogens with one attached hydrogen (secondary N) is 3. The molecule has 8 heteroatoms. The summed E-state index contributed by atoms with van der Waals surface area (Å²) in [7, 11) is 0. The number of nitrogens with zero attached hydrogens (tertiary/aromatic N) is 2. The molecular formula is C22H25N5O3. The Kier molecular flexibility index (Phi) is 5.67. The summed E-state index contributed by atoms with van der Waals surface area (Å²) in [5.74, 6) is 1.53. The number of aromatic amines is 1. The average Bonchev–Trinajstić information content (AvgIpc) is 3.24. The summed E-state index contributed by atoms with van der Waals surface area (Å²) in [5.41, 5.74) is 3.28. The Balaban J connectivity index is 1.42. The first-order chi connectivity index (χ1) is 14.5. The van der Waals surface area contributed by atoms with Crippen molar-refractivity contribution in [1.29, 1.82) is 0 Å². The van der Waals surface area contributed by atoms with Crippen molar-refractivity contribution in [3.05, 3.63) is 59.9 Å². The number of ether oxygens (including phenoxy) is 1. The van der Waals surface area contributed by atoms with Crippen LogP contribution in [-0.4, -0.2) is 38.8 Å². The molecular weight excluding hydrogens is 382 g/mol. The van der Waals surface area contributed by atoms with Gasteiger partial charge in [-0.05, 0) is 30.4 Å². The third kappa shape index (κ3) is 4.60. The van der Waals surface area contributed by atoms with E-state index in [1.807, 2.05) is 37.3 Å². The lowest BCUT2D eigenvalue weighted by molar-refractivity contribution is 0.182. The lowest BCUT2D eigenvalue weighted by Gasteiger charge is -2.15. The molecule has 2 heterocycles. The monoisotopic (exact) mass is 407 g/mol. The number of hydrogen-bond donors (Lipinski definition) is 4. The van der Waals surface area contributed by atoms with Gasteiger partial charge in [-0.15, -0.1) is 0 Å². The summed E-state index contributed by atoms with van der Waals surface area (Å²) < 4.78 is 5.35. The number of aryl methyl sites for hydroxylation is 1. The molecule has 3 aromatic rings. The highest BCUT2D eigenvalue weighted by atomic mass is 16.6. The smallest absolute Gasteiger partial charge is 0.394 e. The van der Waals surface area contributed by atoms with Crippen LogP contribution >= 0.6 is 0 Å². The summed E-state index contributed by atoms with van der Waals surface area (Å²) in [6.07, 6.45) is 3.99. The second-order valence-electron chi connectivity index (χ2n) is 7.62. The van der Waals surface area contributed by atoms with Gasteiger partial charge in [-0.1, -0.05) is 37.3 Å². The van der Waals surface area contributed by atoms with E-state index in [0.29, 0.717) is 17.9 Å². The molecule has 156 valence electrons. The van der Waals surface area contributed by atoms with Crippen LogP contribution in [0.4, 0.5) is 10.7 Å². The third-order valence-corrected chi connectivity index (χ3v) is 5.20. The molecule has 1 fully saturated rings. The summed E-state index contributed by atoms with van der Waals surface area (Å²) in [5, 5.41) is 15.6.